The molecule has 0 amide bonds. The van der Waals surface area contributed by atoms with Crippen molar-refractivity contribution in [2.75, 3.05) is 12.3 Å². The van der Waals surface area contributed by atoms with Crippen molar-refractivity contribution < 1.29 is 10.1 Å². The molecule has 2 N–H and O–H groups in total. The largest absolute Gasteiger partial charge is 0.280 e. The fraction of sp³-hybridized carbons (Fsp3) is 1.00. The first-order valence-corrected chi connectivity index (χ1v) is 3.13. The molecule has 0 saturated carbocycles. The average Bonchev–Trinajstić information content (AvgIpc) is 2.14. The van der Waals surface area contributed by atoms with Gasteiger partial charge >= 0.3 is 0 Å². The Morgan fingerprint density at radius 1 is 1.86 bits per heavy atom. The summed E-state index contributed by atoms with van der Waals surface area (Å²) in [6, 6.07) is 0. The van der Waals surface area contributed by atoms with E-state index in [1.165, 1.54) is 0 Å². The first kappa shape index (κ1) is 5.37. The van der Waals surface area contributed by atoms with Crippen molar-refractivity contribution in [1.29, 1.82) is 0 Å². The molecule has 42 valence electrons. The van der Waals surface area contributed by atoms with Gasteiger partial charge in [-0.1, -0.05) is 0 Å². The summed E-state index contributed by atoms with van der Waals surface area (Å²) in [5, 5.41) is 10.9. The van der Waals surface area contributed by atoms with Crippen LogP contribution in [0.15, 0.2) is 0 Å². The van der Waals surface area contributed by atoms with Crippen LogP contribution in [-0.4, -0.2) is 23.1 Å². The topological polar surface area (TPSA) is 41.5 Å². The van der Waals surface area contributed by atoms with Crippen LogP contribution in [0, 0.1) is 0 Å². The Labute approximate surface area is 46.0 Å². The molecule has 0 aromatic rings. The van der Waals surface area contributed by atoms with Crippen LogP contribution in [0.25, 0.3) is 0 Å². The van der Waals surface area contributed by atoms with Crippen LogP contribution in [0.4, 0.5) is 0 Å². The summed E-state index contributed by atoms with van der Waals surface area (Å²) >= 11 is 1.56. The zero-order valence-electron chi connectivity index (χ0n) is 3.76. The van der Waals surface area contributed by atoms with E-state index in [0.29, 0.717) is 0 Å². The third-order valence-electron chi connectivity index (χ3n) is 0.778. The van der Waals surface area contributed by atoms with Gasteiger partial charge in [0.25, 0.3) is 0 Å². The Balaban J connectivity index is 2.14. The molecule has 1 aliphatic rings. The van der Waals surface area contributed by atoms with E-state index < -0.39 is 0 Å². The molecular formula is C3H7NO2S. The van der Waals surface area contributed by atoms with Gasteiger partial charge in [0.05, 0.1) is 0 Å². The molecule has 0 radical (unpaired) electrons. The molecule has 3 nitrogen and oxygen atoms in total. The highest BCUT2D eigenvalue weighted by Crippen LogP contribution is 2.12. The Morgan fingerprint density at radius 2 is 2.71 bits per heavy atom. The van der Waals surface area contributed by atoms with Gasteiger partial charge in [-0.3, -0.25) is 5.32 Å². The highest BCUT2D eigenvalue weighted by Gasteiger charge is 2.13. The van der Waals surface area contributed by atoms with Gasteiger partial charge in [0, 0.05) is 12.3 Å². The zero-order valence-corrected chi connectivity index (χ0v) is 4.57. The minimum Gasteiger partial charge on any atom is -0.280 e. The second kappa shape index (κ2) is 2.52. The van der Waals surface area contributed by atoms with Crippen molar-refractivity contribution >= 4 is 11.8 Å². The fourth-order valence-electron chi connectivity index (χ4n) is 0.469. The SMILES string of the molecule is OOC1NCCS1. The number of rotatable bonds is 1. The van der Waals surface area contributed by atoms with E-state index in [4.69, 9.17) is 5.26 Å². The maximum Gasteiger partial charge on any atom is 0.190 e. The minimum atomic E-state index is -0.181. The molecule has 1 heterocycles. The average molecular weight is 121 g/mol. The second-order valence-electron chi connectivity index (χ2n) is 1.26. The number of hydrogen-bond donors (Lipinski definition) is 2. The fourth-order valence-corrected chi connectivity index (χ4v) is 1.22. The molecule has 1 atom stereocenters. The van der Waals surface area contributed by atoms with Crippen LogP contribution in [0.2, 0.25) is 0 Å². The van der Waals surface area contributed by atoms with Gasteiger partial charge in [0.2, 0.25) is 0 Å². The summed E-state index contributed by atoms with van der Waals surface area (Å²) in [7, 11) is 0. The van der Waals surface area contributed by atoms with Crippen LogP contribution in [0.5, 0.6) is 0 Å². The van der Waals surface area contributed by atoms with E-state index in [1.807, 2.05) is 0 Å². The third-order valence-corrected chi connectivity index (χ3v) is 1.77. The lowest BCUT2D eigenvalue weighted by Gasteiger charge is -2.00. The maximum absolute atomic E-state index is 7.98. The molecule has 0 aliphatic carbocycles. The van der Waals surface area contributed by atoms with Crippen molar-refractivity contribution in [3.05, 3.63) is 0 Å². The van der Waals surface area contributed by atoms with Crippen molar-refractivity contribution in [1.82, 2.24) is 5.32 Å². The molecule has 0 spiro atoms. The molecule has 1 rings (SSSR count). The van der Waals surface area contributed by atoms with Gasteiger partial charge in [-0.2, -0.15) is 0 Å². The van der Waals surface area contributed by atoms with Crippen LogP contribution in [0.3, 0.4) is 0 Å². The van der Waals surface area contributed by atoms with E-state index in [1.54, 1.807) is 11.8 Å². The van der Waals surface area contributed by atoms with Gasteiger partial charge in [0.15, 0.2) is 5.56 Å². The van der Waals surface area contributed by atoms with Crippen LogP contribution in [-0.2, 0) is 4.89 Å². The van der Waals surface area contributed by atoms with E-state index in [-0.39, 0.29) is 5.56 Å². The third kappa shape index (κ3) is 1.31. The second-order valence-corrected chi connectivity index (χ2v) is 2.43. The van der Waals surface area contributed by atoms with Gasteiger partial charge < -0.3 is 0 Å². The quantitative estimate of drug-likeness (QED) is 0.381. The Bertz CT molecular complexity index is 54.9. The molecular weight excluding hydrogens is 114 g/mol. The van der Waals surface area contributed by atoms with E-state index in [2.05, 4.69) is 10.2 Å². The number of thioether (sulfide) groups is 1. The normalized spacial score (nSPS) is 31.3. The lowest BCUT2D eigenvalue weighted by molar-refractivity contribution is -0.258. The highest BCUT2D eigenvalue weighted by atomic mass is 32.2. The van der Waals surface area contributed by atoms with Crippen LogP contribution >= 0.6 is 11.8 Å². The highest BCUT2D eigenvalue weighted by molar-refractivity contribution is 7.99. The number of nitrogens with one attached hydrogen (secondary N) is 1. The van der Waals surface area contributed by atoms with Gasteiger partial charge in [-0.15, -0.1) is 11.8 Å². The van der Waals surface area contributed by atoms with Crippen molar-refractivity contribution in [3.8, 4) is 0 Å². The van der Waals surface area contributed by atoms with E-state index >= 15 is 0 Å². The standard InChI is InChI=1S/C3H7NO2S/c5-6-3-4-1-2-7-3/h3-5H,1-2H2. The summed E-state index contributed by atoms with van der Waals surface area (Å²) in [5.41, 5.74) is -0.181. The van der Waals surface area contributed by atoms with Crippen molar-refractivity contribution in [2.24, 2.45) is 0 Å². The number of hydrogen-bond acceptors (Lipinski definition) is 4. The molecule has 0 aromatic carbocycles. The molecule has 1 aliphatic heterocycles. The summed E-state index contributed by atoms with van der Waals surface area (Å²) < 4.78 is 0. The van der Waals surface area contributed by atoms with E-state index in [9.17, 15) is 0 Å². The van der Waals surface area contributed by atoms with E-state index in [0.717, 1.165) is 12.3 Å². The van der Waals surface area contributed by atoms with Gasteiger partial charge in [0.1, 0.15) is 0 Å². The molecule has 7 heavy (non-hydrogen) atoms. The Hall–Kier alpha value is 0.230. The molecule has 1 fully saturated rings. The smallest absolute Gasteiger partial charge is 0.190 e. The minimum absolute atomic E-state index is 0.181. The lowest BCUT2D eigenvalue weighted by Crippen LogP contribution is -2.20. The molecule has 4 heteroatoms. The molecule has 0 bridgehead atoms. The lowest BCUT2D eigenvalue weighted by atomic mass is 10.8. The summed E-state index contributed by atoms with van der Waals surface area (Å²) in [4.78, 5) is 3.96. The van der Waals surface area contributed by atoms with Crippen LogP contribution in [0.1, 0.15) is 0 Å². The first-order chi connectivity index (χ1) is 3.43. The Kier molecular flexibility index (Phi) is 1.93. The molecule has 1 unspecified atom stereocenters. The molecule has 0 aromatic heterocycles. The summed E-state index contributed by atoms with van der Waals surface area (Å²) in [5.74, 6) is 1.02. The van der Waals surface area contributed by atoms with Gasteiger partial charge in [-0.05, 0) is 0 Å². The monoisotopic (exact) mass is 121 g/mol. The molecule has 1 saturated heterocycles. The summed E-state index contributed by atoms with van der Waals surface area (Å²) in [6.45, 7) is 0.926. The maximum atomic E-state index is 7.98. The first-order valence-electron chi connectivity index (χ1n) is 2.08. The van der Waals surface area contributed by atoms with Gasteiger partial charge in [-0.25, -0.2) is 10.1 Å². The van der Waals surface area contributed by atoms with Crippen molar-refractivity contribution in [2.45, 2.75) is 5.56 Å². The zero-order chi connectivity index (χ0) is 5.11. The van der Waals surface area contributed by atoms with Crippen LogP contribution < -0.4 is 5.32 Å². The Morgan fingerprint density at radius 3 is 3.00 bits per heavy atom. The predicted molar refractivity (Wildman–Crippen MR) is 28.0 cm³/mol. The van der Waals surface area contributed by atoms with Crippen molar-refractivity contribution in [3.63, 3.8) is 0 Å². The summed E-state index contributed by atoms with van der Waals surface area (Å²) in [6.07, 6.45) is 0. The predicted octanol–water partition coefficient (Wildman–Crippen LogP) is 0.0960.